The molecule has 0 aliphatic carbocycles. The van der Waals surface area contributed by atoms with Crippen molar-refractivity contribution in [1.29, 1.82) is 0 Å². The predicted octanol–water partition coefficient (Wildman–Crippen LogP) is 3.28. The molecule has 0 saturated carbocycles. The van der Waals surface area contributed by atoms with Gasteiger partial charge in [-0.1, -0.05) is 34.6 Å². The highest BCUT2D eigenvalue weighted by molar-refractivity contribution is 8.00. The van der Waals surface area contributed by atoms with E-state index in [1.54, 1.807) is 0 Å². The molecule has 0 heterocycles. The summed E-state index contributed by atoms with van der Waals surface area (Å²) in [7, 11) is 0. The zero-order valence-electron chi connectivity index (χ0n) is 9.76. The van der Waals surface area contributed by atoms with Gasteiger partial charge in [0.05, 0.1) is 0 Å². The van der Waals surface area contributed by atoms with Crippen LogP contribution < -0.4 is 5.73 Å². The van der Waals surface area contributed by atoms with Gasteiger partial charge in [-0.15, -0.1) is 0 Å². The Labute approximate surface area is 87.9 Å². The van der Waals surface area contributed by atoms with Crippen molar-refractivity contribution in [1.82, 2.24) is 0 Å². The van der Waals surface area contributed by atoms with Crippen LogP contribution in [0.2, 0.25) is 0 Å². The van der Waals surface area contributed by atoms with Crippen molar-refractivity contribution in [2.24, 2.45) is 11.7 Å². The highest BCUT2D eigenvalue weighted by Crippen LogP contribution is 2.24. The molecule has 0 aromatic rings. The van der Waals surface area contributed by atoms with Gasteiger partial charge in [-0.3, -0.25) is 0 Å². The minimum Gasteiger partial charge on any atom is -0.327 e. The molecule has 0 aromatic carbocycles. The first kappa shape index (κ1) is 13.3. The number of rotatable bonds is 5. The predicted molar refractivity (Wildman–Crippen MR) is 64.3 cm³/mol. The van der Waals surface area contributed by atoms with Gasteiger partial charge in [0.25, 0.3) is 0 Å². The number of thioether (sulfide) groups is 1. The van der Waals surface area contributed by atoms with Crippen LogP contribution in [0, 0.1) is 5.92 Å². The molecule has 2 heteroatoms. The van der Waals surface area contributed by atoms with E-state index in [-0.39, 0.29) is 0 Å². The maximum atomic E-state index is 6.01. The van der Waals surface area contributed by atoms with E-state index in [4.69, 9.17) is 5.73 Å². The van der Waals surface area contributed by atoms with Crippen LogP contribution in [0.5, 0.6) is 0 Å². The van der Waals surface area contributed by atoms with Crippen molar-refractivity contribution >= 4 is 11.8 Å². The van der Waals surface area contributed by atoms with Crippen LogP contribution in [-0.2, 0) is 0 Å². The van der Waals surface area contributed by atoms with E-state index >= 15 is 0 Å². The molecule has 1 unspecified atom stereocenters. The lowest BCUT2D eigenvalue weighted by Crippen LogP contribution is -2.26. The Morgan fingerprint density at radius 1 is 1.15 bits per heavy atom. The summed E-state index contributed by atoms with van der Waals surface area (Å²) in [4.78, 5) is 0. The topological polar surface area (TPSA) is 26.0 Å². The van der Waals surface area contributed by atoms with Crippen molar-refractivity contribution in [3.8, 4) is 0 Å². The van der Waals surface area contributed by atoms with Crippen LogP contribution in [0.3, 0.4) is 0 Å². The number of hydrogen-bond acceptors (Lipinski definition) is 2. The van der Waals surface area contributed by atoms with Crippen molar-refractivity contribution in [2.45, 2.75) is 58.2 Å². The van der Waals surface area contributed by atoms with E-state index in [9.17, 15) is 0 Å². The number of hydrogen-bond donors (Lipinski definition) is 1. The van der Waals surface area contributed by atoms with E-state index < -0.39 is 0 Å². The molecule has 0 aliphatic heterocycles. The second-order valence-corrected chi connectivity index (χ2v) is 7.00. The molecular formula is C11H25NS. The monoisotopic (exact) mass is 203 g/mol. The fourth-order valence-corrected chi connectivity index (χ4v) is 1.87. The van der Waals surface area contributed by atoms with E-state index in [0.29, 0.717) is 10.8 Å². The molecule has 0 bridgehead atoms. The summed E-state index contributed by atoms with van der Waals surface area (Å²) in [6.07, 6.45) is 2.42. The van der Waals surface area contributed by atoms with Crippen LogP contribution in [0.1, 0.15) is 47.5 Å². The summed E-state index contributed by atoms with van der Waals surface area (Å²) in [6, 6.07) is 0.381. The molecule has 0 saturated heterocycles. The Morgan fingerprint density at radius 2 is 1.69 bits per heavy atom. The Hall–Kier alpha value is 0.310. The van der Waals surface area contributed by atoms with Gasteiger partial charge in [0.15, 0.2) is 0 Å². The SMILES string of the molecule is CC(C)CCC(N)CSC(C)(C)C. The quantitative estimate of drug-likeness (QED) is 0.742. The van der Waals surface area contributed by atoms with E-state index in [2.05, 4.69) is 34.6 Å². The molecule has 1 nitrogen and oxygen atoms in total. The molecule has 2 N–H and O–H groups in total. The molecular weight excluding hydrogens is 178 g/mol. The molecule has 1 atom stereocenters. The summed E-state index contributed by atoms with van der Waals surface area (Å²) in [5, 5.41) is 0. The second-order valence-electron chi connectivity index (χ2n) is 5.15. The van der Waals surface area contributed by atoms with Gasteiger partial charge in [0.2, 0.25) is 0 Å². The lowest BCUT2D eigenvalue weighted by molar-refractivity contribution is 0.517. The summed E-state index contributed by atoms with van der Waals surface area (Å²) in [5.41, 5.74) is 6.01. The molecule has 0 amide bonds. The van der Waals surface area contributed by atoms with Crippen molar-refractivity contribution in [3.05, 3.63) is 0 Å². The standard InChI is InChI=1S/C11H25NS/c1-9(2)6-7-10(12)8-13-11(3,4)5/h9-10H,6-8,12H2,1-5H3. The Balaban J connectivity index is 3.46. The summed E-state index contributed by atoms with van der Waals surface area (Å²) >= 11 is 1.97. The first-order valence-electron chi connectivity index (χ1n) is 5.21. The minimum atomic E-state index is 0.357. The van der Waals surface area contributed by atoms with E-state index in [0.717, 1.165) is 11.7 Å². The Morgan fingerprint density at radius 3 is 2.08 bits per heavy atom. The van der Waals surface area contributed by atoms with Crippen LogP contribution in [-0.4, -0.2) is 16.5 Å². The molecule has 13 heavy (non-hydrogen) atoms. The summed E-state index contributed by atoms with van der Waals surface area (Å²) in [5.74, 6) is 1.88. The van der Waals surface area contributed by atoms with Gasteiger partial charge in [-0.05, 0) is 18.8 Å². The van der Waals surface area contributed by atoms with Crippen LogP contribution in [0.15, 0.2) is 0 Å². The zero-order valence-corrected chi connectivity index (χ0v) is 10.6. The van der Waals surface area contributed by atoms with Crippen LogP contribution >= 0.6 is 11.8 Å². The first-order chi connectivity index (χ1) is 5.81. The maximum Gasteiger partial charge on any atom is 0.0130 e. The average Bonchev–Trinajstić information content (AvgIpc) is 1.95. The summed E-state index contributed by atoms with van der Waals surface area (Å²) in [6.45, 7) is 11.2. The normalized spacial score (nSPS) is 15.0. The Kier molecular flexibility index (Phi) is 6.06. The van der Waals surface area contributed by atoms with E-state index in [1.165, 1.54) is 12.8 Å². The third-order valence-corrected chi connectivity index (χ3v) is 3.31. The average molecular weight is 203 g/mol. The van der Waals surface area contributed by atoms with Crippen molar-refractivity contribution in [3.63, 3.8) is 0 Å². The van der Waals surface area contributed by atoms with Gasteiger partial charge in [0, 0.05) is 16.5 Å². The third-order valence-electron chi connectivity index (χ3n) is 1.85. The molecule has 0 fully saturated rings. The molecule has 0 radical (unpaired) electrons. The highest BCUT2D eigenvalue weighted by atomic mass is 32.2. The highest BCUT2D eigenvalue weighted by Gasteiger charge is 2.13. The molecule has 0 rings (SSSR count). The summed E-state index contributed by atoms with van der Waals surface area (Å²) < 4.78 is 0.357. The van der Waals surface area contributed by atoms with Crippen molar-refractivity contribution in [2.75, 3.05) is 5.75 Å². The maximum absolute atomic E-state index is 6.01. The minimum absolute atomic E-state index is 0.357. The smallest absolute Gasteiger partial charge is 0.0130 e. The van der Waals surface area contributed by atoms with E-state index in [1.807, 2.05) is 11.8 Å². The fraction of sp³-hybridized carbons (Fsp3) is 1.00. The molecule has 0 spiro atoms. The zero-order chi connectivity index (χ0) is 10.5. The molecule has 80 valence electrons. The van der Waals surface area contributed by atoms with Gasteiger partial charge < -0.3 is 5.73 Å². The Bertz CT molecular complexity index is 127. The number of nitrogens with two attached hydrogens (primary N) is 1. The lowest BCUT2D eigenvalue weighted by Gasteiger charge is -2.20. The molecule has 0 aliphatic rings. The third kappa shape index (κ3) is 10.2. The first-order valence-corrected chi connectivity index (χ1v) is 6.19. The second kappa shape index (κ2) is 5.92. The lowest BCUT2D eigenvalue weighted by atomic mass is 10.1. The van der Waals surface area contributed by atoms with Gasteiger partial charge in [0.1, 0.15) is 0 Å². The van der Waals surface area contributed by atoms with Crippen LogP contribution in [0.25, 0.3) is 0 Å². The largest absolute Gasteiger partial charge is 0.327 e. The van der Waals surface area contributed by atoms with Gasteiger partial charge >= 0.3 is 0 Å². The molecule has 0 aromatic heterocycles. The van der Waals surface area contributed by atoms with Gasteiger partial charge in [-0.2, -0.15) is 11.8 Å². The van der Waals surface area contributed by atoms with Crippen LogP contribution in [0.4, 0.5) is 0 Å². The van der Waals surface area contributed by atoms with Gasteiger partial charge in [-0.25, -0.2) is 0 Å². The van der Waals surface area contributed by atoms with Crippen molar-refractivity contribution < 1.29 is 0 Å². The fourth-order valence-electron chi connectivity index (χ4n) is 0.988.